The number of carboxylic acid groups (broad SMARTS) is 1. The Balaban J connectivity index is 1.06. The molecule has 2 aromatic heterocycles. The minimum atomic E-state index is -0.932. The summed E-state index contributed by atoms with van der Waals surface area (Å²) in [6.07, 6.45) is 11.6. The molecule has 3 fully saturated rings. The topological polar surface area (TPSA) is 115 Å². The van der Waals surface area contributed by atoms with Crippen molar-refractivity contribution in [1.82, 2.24) is 15.3 Å². The average Bonchev–Trinajstić information content (AvgIpc) is 3.40. The highest BCUT2D eigenvalue weighted by atomic mass is 35.5. The quantitative estimate of drug-likeness (QED) is 0.298. The van der Waals surface area contributed by atoms with Crippen molar-refractivity contribution in [3.8, 4) is 11.3 Å². The van der Waals surface area contributed by atoms with E-state index in [1.165, 1.54) is 0 Å². The lowest BCUT2D eigenvalue weighted by Gasteiger charge is -2.38. The third-order valence-electron chi connectivity index (χ3n) is 8.85. The van der Waals surface area contributed by atoms with Gasteiger partial charge in [0.05, 0.1) is 28.2 Å². The van der Waals surface area contributed by atoms with E-state index in [1.54, 1.807) is 12.2 Å². The highest BCUT2D eigenvalue weighted by Gasteiger charge is 2.45. The van der Waals surface area contributed by atoms with Crippen LogP contribution in [0.15, 0.2) is 51.0 Å². The van der Waals surface area contributed by atoms with Gasteiger partial charge in [-0.15, -0.1) is 0 Å². The fourth-order valence-corrected chi connectivity index (χ4v) is 7.15. The molecule has 3 aromatic rings. The van der Waals surface area contributed by atoms with Crippen LogP contribution in [0.5, 0.6) is 0 Å². The number of carbonyl (C=O) groups is 1. The number of hydrogen-bond donors (Lipinski definition) is 1. The lowest BCUT2D eigenvalue weighted by Crippen LogP contribution is -2.46. The van der Waals surface area contributed by atoms with Gasteiger partial charge in [0.15, 0.2) is 0 Å². The number of allylic oxidation sites excluding steroid dienone is 3. The van der Waals surface area contributed by atoms with Crippen molar-refractivity contribution in [1.29, 1.82) is 0 Å². The van der Waals surface area contributed by atoms with E-state index in [4.69, 9.17) is 42.0 Å². The third-order valence-corrected chi connectivity index (χ3v) is 9.48. The van der Waals surface area contributed by atoms with E-state index in [0.717, 1.165) is 49.8 Å². The number of rotatable bonds is 8. The van der Waals surface area contributed by atoms with Crippen LogP contribution in [0, 0.1) is 0 Å². The Morgan fingerprint density at radius 3 is 2.54 bits per heavy atom. The minimum Gasteiger partial charge on any atom is -0.478 e. The van der Waals surface area contributed by atoms with Crippen LogP contribution < -0.4 is 4.90 Å². The van der Waals surface area contributed by atoms with Crippen LogP contribution in [-0.2, 0) is 21.6 Å². The number of nitrogens with zero attached hydrogens (tertiary/aromatic N) is 4. The molecule has 11 heteroatoms. The fourth-order valence-electron chi connectivity index (χ4n) is 6.58. The average molecular weight is 597 g/mol. The van der Waals surface area contributed by atoms with Crippen molar-refractivity contribution in [3.05, 3.63) is 69.3 Å². The van der Waals surface area contributed by atoms with Gasteiger partial charge in [0.2, 0.25) is 5.89 Å². The molecule has 2 saturated heterocycles. The molecule has 0 amide bonds. The summed E-state index contributed by atoms with van der Waals surface area (Å²) >= 11 is 13.1. The molecular formula is C30H30Cl2N4O5. The summed E-state index contributed by atoms with van der Waals surface area (Å²) in [7, 11) is 0. The van der Waals surface area contributed by atoms with Crippen molar-refractivity contribution in [3.63, 3.8) is 0 Å². The molecule has 1 saturated carbocycles. The second kappa shape index (κ2) is 10.3. The molecule has 4 aliphatic rings. The summed E-state index contributed by atoms with van der Waals surface area (Å²) in [6.45, 7) is 2.31. The van der Waals surface area contributed by atoms with E-state index in [2.05, 4.69) is 15.2 Å². The number of benzene rings is 1. The maximum Gasteiger partial charge on any atom is 0.331 e. The Kier molecular flexibility index (Phi) is 6.71. The normalized spacial score (nSPS) is 27.3. The number of piperidine rings is 1. The van der Waals surface area contributed by atoms with Crippen molar-refractivity contribution in [2.75, 3.05) is 4.90 Å². The first-order valence-corrected chi connectivity index (χ1v) is 14.8. The molecule has 2 aliphatic carbocycles. The van der Waals surface area contributed by atoms with Crippen LogP contribution in [-0.4, -0.2) is 44.6 Å². The van der Waals surface area contributed by atoms with E-state index in [0.29, 0.717) is 57.7 Å². The summed E-state index contributed by atoms with van der Waals surface area (Å²) in [5, 5.41) is 19.3. The summed E-state index contributed by atoms with van der Waals surface area (Å²) in [6, 6.07) is 5.90. The van der Waals surface area contributed by atoms with Crippen LogP contribution in [0.3, 0.4) is 0 Å². The van der Waals surface area contributed by atoms with Gasteiger partial charge in [-0.2, -0.15) is 4.98 Å². The predicted octanol–water partition coefficient (Wildman–Crippen LogP) is 6.85. The first-order chi connectivity index (χ1) is 19.8. The summed E-state index contributed by atoms with van der Waals surface area (Å²) in [5.74, 6) is 1.31. The molecule has 2 aliphatic heterocycles. The number of ether oxygens (including phenoxy) is 1. The maximum absolute atomic E-state index is 11.5. The number of aliphatic carboxylic acids is 1. The minimum absolute atomic E-state index is 0.0636. The number of halogens is 2. The van der Waals surface area contributed by atoms with Crippen molar-refractivity contribution in [2.24, 2.45) is 0 Å². The molecule has 2 bridgehead atoms. The van der Waals surface area contributed by atoms with Gasteiger partial charge in [-0.05, 0) is 69.2 Å². The lowest BCUT2D eigenvalue weighted by molar-refractivity contribution is -0.133. The van der Waals surface area contributed by atoms with Gasteiger partial charge in [0, 0.05) is 34.7 Å². The largest absolute Gasteiger partial charge is 0.478 e. The smallest absolute Gasteiger partial charge is 0.331 e. The first-order valence-electron chi connectivity index (χ1n) is 14.1. The van der Waals surface area contributed by atoms with Gasteiger partial charge in [-0.25, -0.2) is 4.79 Å². The molecule has 41 heavy (non-hydrogen) atoms. The fraction of sp³-hybridized carbons (Fsp3) is 0.467. The van der Waals surface area contributed by atoms with Gasteiger partial charge in [-0.1, -0.05) is 52.7 Å². The van der Waals surface area contributed by atoms with Crippen molar-refractivity contribution in [2.45, 2.75) is 88.0 Å². The van der Waals surface area contributed by atoms with Crippen LogP contribution in [0.4, 0.5) is 5.95 Å². The van der Waals surface area contributed by atoms with Crippen molar-refractivity contribution < 1.29 is 23.7 Å². The zero-order valence-electron chi connectivity index (χ0n) is 22.6. The van der Waals surface area contributed by atoms with E-state index < -0.39 is 11.4 Å². The van der Waals surface area contributed by atoms with E-state index in [9.17, 15) is 9.90 Å². The van der Waals surface area contributed by atoms with Crippen LogP contribution >= 0.6 is 23.2 Å². The van der Waals surface area contributed by atoms with Crippen molar-refractivity contribution >= 4 is 35.1 Å². The molecule has 2 unspecified atom stereocenters. The molecule has 9 nitrogen and oxygen atoms in total. The number of aromatic nitrogens is 3. The van der Waals surface area contributed by atoms with Gasteiger partial charge in [0.1, 0.15) is 11.5 Å². The number of anilines is 1. The second-order valence-corrected chi connectivity index (χ2v) is 12.6. The van der Waals surface area contributed by atoms with Crippen LogP contribution in [0.25, 0.3) is 11.3 Å². The van der Waals surface area contributed by atoms with Gasteiger partial charge in [-0.3, -0.25) is 0 Å². The monoisotopic (exact) mass is 596 g/mol. The molecule has 0 radical (unpaired) electrons. The summed E-state index contributed by atoms with van der Waals surface area (Å²) < 4.78 is 18.1. The summed E-state index contributed by atoms with van der Waals surface area (Å²) in [5.41, 5.74) is 1.94. The molecule has 0 spiro atoms. The number of hydrogen-bond acceptors (Lipinski definition) is 8. The Bertz CT molecular complexity index is 1530. The highest BCUT2D eigenvalue weighted by molar-refractivity contribution is 6.39. The Labute approximate surface area is 247 Å². The predicted molar refractivity (Wildman–Crippen MR) is 152 cm³/mol. The van der Waals surface area contributed by atoms with Gasteiger partial charge >= 0.3 is 5.97 Å². The lowest BCUT2D eigenvalue weighted by atomic mass is 9.80. The Morgan fingerprint density at radius 1 is 1.12 bits per heavy atom. The second-order valence-electron chi connectivity index (χ2n) is 11.8. The van der Waals surface area contributed by atoms with Crippen LogP contribution in [0.2, 0.25) is 10.0 Å². The van der Waals surface area contributed by atoms with E-state index in [-0.39, 0.29) is 18.2 Å². The molecule has 214 valence electrons. The molecule has 1 N–H and O–H groups in total. The van der Waals surface area contributed by atoms with E-state index >= 15 is 0 Å². The van der Waals surface area contributed by atoms with Gasteiger partial charge < -0.3 is 23.8 Å². The molecular weight excluding hydrogens is 567 g/mol. The highest BCUT2D eigenvalue weighted by Crippen LogP contribution is 2.47. The van der Waals surface area contributed by atoms with E-state index in [1.807, 2.05) is 31.2 Å². The molecule has 1 aromatic carbocycles. The number of fused-ring (bicyclic) bond motifs is 2. The van der Waals surface area contributed by atoms with Gasteiger partial charge in [0.25, 0.3) is 5.95 Å². The summed E-state index contributed by atoms with van der Waals surface area (Å²) in [4.78, 5) is 18.6. The Morgan fingerprint density at radius 2 is 1.85 bits per heavy atom. The number of carboxylic acids is 1. The first kappa shape index (κ1) is 26.7. The SMILES string of the molecule is CC1(c2nc(N3[C@@H]4CC[C@H]3CC(OCc3c(-c5c(Cl)cccc5Cl)noc3C3CC3)C4)no2)C=CC=C(C(=O)O)C1. The Hall–Kier alpha value is -3.14. The standard InChI is InChI=1S/C30H30Cl2N4O5/c1-30(11-3-4-17(14-30)27(37)38)28-33-29(35-41-28)36-18-9-10-19(36)13-20(12-18)39-15-21-25(34-40-26(21)16-7-8-16)24-22(31)5-2-6-23(24)32/h2-6,11,16,18-20H,7-10,12-15H2,1H3,(H,37,38)/t18-,19+,20?,30?. The van der Waals surface area contributed by atoms with Crippen LogP contribution in [0.1, 0.15) is 75.0 Å². The zero-order valence-corrected chi connectivity index (χ0v) is 24.1. The molecule has 4 heterocycles. The zero-order chi connectivity index (χ0) is 28.3. The maximum atomic E-state index is 11.5. The molecule has 4 atom stereocenters. The molecule has 7 rings (SSSR count). The third kappa shape index (κ3) is 4.87.